The van der Waals surface area contributed by atoms with E-state index in [0.717, 1.165) is 23.5 Å². The fraction of sp³-hybridized carbons (Fsp3) is 0.412. The van der Waals surface area contributed by atoms with Gasteiger partial charge in [0.2, 0.25) is 0 Å². The Morgan fingerprint density at radius 1 is 1.24 bits per heavy atom. The lowest BCUT2D eigenvalue weighted by Gasteiger charge is -2.09. The van der Waals surface area contributed by atoms with Crippen molar-refractivity contribution in [1.82, 2.24) is 4.98 Å². The number of nitrogens with zero attached hydrogens (tertiary/aromatic N) is 1. The number of hydrogen-bond donors (Lipinski definition) is 1. The van der Waals surface area contributed by atoms with Crippen LogP contribution in [0.4, 0.5) is 0 Å². The fourth-order valence-electron chi connectivity index (χ4n) is 2.69. The van der Waals surface area contributed by atoms with Crippen LogP contribution in [0, 0.1) is 20.8 Å². The molecule has 3 nitrogen and oxygen atoms in total. The quantitative estimate of drug-likeness (QED) is 0.895. The Morgan fingerprint density at radius 3 is 2.38 bits per heavy atom. The fourth-order valence-corrected chi connectivity index (χ4v) is 3.65. The summed E-state index contributed by atoms with van der Waals surface area (Å²) < 4.78 is 0. The van der Waals surface area contributed by atoms with Crippen molar-refractivity contribution in [1.29, 1.82) is 0 Å². The van der Waals surface area contributed by atoms with Crippen molar-refractivity contribution >= 4 is 17.3 Å². The predicted molar refractivity (Wildman–Crippen MR) is 86.5 cm³/mol. The number of benzene rings is 1. The topological polar surface area (TPSA) is 50.2 Å². The molecule has 0 amide bonds. The molecule has 0 saturated carbocycles. The number of carboxylic acid groups (broad SMARTS) is 1. The van der Waals surface area contributed by atoms with Crippen LogP contribution in [0.2, 0.25) is 0 Å². The van der Waals surface area contributed by atoms with E-state index in [9.17, 15) is 9.90 Å². The lowest BCUT2D eigenvalue weighted by atomic mass is 9.98. The average Bonchev–Trinajstić information content (AvgIpc) is 2.77. The summed E-state index contributed by atoms with van der Waals surface area (Å²) in [5.74, 6) is -0.862. The van der Waals surface area contributed by atoms with E-state index in [2.05, 4.69) is 37.9 Å². The van der Waals surface area contributed by atoms with Gasteiger partial charge >= 0.3 is 5.97 Å². The minimum Gasteiger partial charge on any atom is -0.477 e. The molecule has 0 aliphatic rings. The first-order chi connectivity index (χ1) is 9.92. The zero-order valence-electron chi connectivity index (χ0n) is 13.0. The number of rotatable bonds is 5. The molecule has 0 saturated heterocycles. The van der Waals surface area contributed by atoms with Gasteiger partial charge in [-0.2, -0.15) is 0 Å². The number of carboxylic acids is 1. The first-order valence-electron chi connectivity index (χ1n) is 7.21. The van der Waals surface area contributed by atoms with Crippen LogP contribution in [0.5, 0.6) is 0 Å². The zero-order chi connectivity index (χ0) is 15.6. The molecule has 0 radical (unpaired) electrons. The minimum atomic E-state index is -0.862. The summed E-state index contributed by atoms with van der Waals surface area (Å²) in [5.41, 5.74) is 5.74. The molecule has 0 aliphatic heterocycles. The van der Waals surface area contributed by atoms with Crippen LogP contribution in [0.15, 0.2) is 12.1 Å². The summed E-state index contributed by atoms with van der Waals surface area (Å²) in [6.07, 6.45) is 2.35. The second-order valence-electron chi connectivity index (χ2n) is 5.49. The van der Waals surface area contributed by atoms with Gasteiger partial charge in [0.25, 0.3) is 0 Å². The second kappa shape index (κ2) is 6.39. The molecule has 0 aliphatic carbocycles. The number of aromatic carboxylic acids is 1. The van der Waals surface area contributed by atoms with Crippen molar-refractivity contribution < 1.29 is 9.90 Å². The first-order valence-corrected chi connectivity index (χ1v) is 8.02. The van der Waals surface area contributed by atoms with Crippen LogP contribution in [0.1, 0.15) is 56.0 Å². The molecule has 2 aromatic rings. The zero-order valence-corrected chi connectivity index (χ0v) is 13.8. The highest BCUT2D eigenvalue weighted by Crippen LogP contribution is 2.25. The second-order valence-corrected chi connectivity index (χ2v) is 6.58. The number of carbonyl (C=O) groups is 1. The van der Waals surface area contributed by atoms with E-state index in [-0.39, 0.29) is 0 Å². The van der Waals surface area contributed by atoms with Crippen molar-refractivity contribution in [3.8, 4) is 0 Å². The van der Waals surface area contributed by atoms with Crippen molar-refractivity contribution in [3.05, 3.63) is 50.0 Å². The Labute approximate surface area is 129 Å². The maximum absolute atomic E-state index is 11.3. The molecule has 0 unspecified atom stereocenters. The third-order valence-corrected chi connectivity index (χ3v) is 4.68. The van der Waals surface area contributed by atoms with Crippen LogP contribution < -0.4 is 0 Å². The molecule has 1 N–H and O–H groups in total. The van der Waals surface area contributed by atoms with E-state index in [1.54, 1.807) is 0 Å². The number of hydrogen-bond acceptors (Lipinski definition) is 3. The van der Waals surface area contributed by atoms with Crippen LogP contribution in [-0.4, -0.2) is 16.1 Å². The highest BCUT2D eigenvalue weighted by Gasteiger charge is 2.17. The molecule has 4 heteroatoms. The molecular weight excluding hydrogens is 282 g/mol. The first kappa shape index (κ1) is 15.7. The lowest BCUT2D eigenvalue weighted by molar-refractivity contribution is 0.0700. The Kier molecular flexibility index (Phi) is 4.78. The van der Waals surface area contributed by atoms with Gasteiger partial charge in [0, 0.05) is 6.42 Å². The maximum atomic E-state index is 11.3. The molecule has 1 aromatic heterocycles. The summed E-state index contributed by atoms with van der Waals surface area (Å²) in [6.45, 7) is 8.34. The summed E-state index contributed by atoms with van der Waals surface area (Å²) in [5, 5.41) is 10.2. The third kappa shape index (κ3) is 3.50. The van der Waals surface area contributed by atoms with Crippen molar-refractivity contribution in [2.75, 3.05) is 0 Å². The van der Waals surface area contributed by atoms with Crippen molar-refractivity contribution in [3.63, 3.8) is 0 Å². The molecule has 0 atom stereocenters. The smallest absolute Gasteiger partial charge is 0.347 e. The summed E-state index contributed by atoms with van der Waals surface area (Å²) in [6, 6.07) is 4.34. The number of aryl methyl sites for hydroxylation is 4. The molecular formula is C17H21NO2S. The highest BCUT2D eigenvalue weighted by molar-refractivity contribution is 7.13. The van der Waals surface area contributed by atoms with Crippen LogP contribution in [0.3, 0.4) is 0 Å². The third-order valence-electron chi connectivity index (χ3n) is 3.59. The number of thiazole rings is 1. The SMILES string of the molecule is CCCc1nc(Cc2c(C)cc(C)cc2C)sc1C(=O)O. The van der Waals surface area contributed by atoms with Gasteiger partial charge in [0.15, 0.2) is 0 Å². The van der Waals surface area contributed by atoms with Crippen LogP contribution in [-0.2, 0) is 12.8 Å². The van der Waals surface area contributed by atoms with Crippen molar-refractivity contribution in [2.45, 2.75) is 47.0 Å². The molecule has 0 spiro atoms. The highest BCUT2D eigenvalue weighted by atomic mass is 32.1. The molecule has 0 bridgehead atoms. The molecule has 0 fully saturated rings. The number of aromatic nitrogens is 1. The largest absolute Gasteiger partial charge is 0.477 e. The summed E-state index contributed by atoms with van der Waals surface area (Å²) in [7, 11) is 0. The molecule has 112 valence electrons. The molecule has 21 heavy (non-hydrogen) atoms. The van der Waals surface area contributed by atoms with Gasteiger partial charge in [-0.1, -0.05) is 31.0 Å². The van der Waals surface area contributed by atoms with Gasteiger partial charge in [-0.3, -0.25) is 0 Å². The van der Waals surface area contributed by atoms with E-state index < -0.39 is 5.97 Å². The van der Waals surface area contributed by atoms with Gasteiger partial charge < -0.3 is 5.11 Å². The molecule has 1 aromatic carbocycles. The van der Waals surface area contributed by atoms with E-state index in [1.165, 1.54) is 33.6 Å². The monoisotopic (exact) mass is 303 g/mol. The lowest BCUT2D eigenvalue weighted by Crippen LogP contribution is -1.98. The van der Waals surface area contributed by atoms with Gasteiger partial charge in [-0.25, -0.2) is 9.78 Å². The van der Waals surface area contributed by atoms with E-state index >= 15 is 0 Å². The van der Waals surface area contributed by atoms with Gasteiger partial charge in [-0.05, 0) is 43.9 Å². The summed E-state index contributed by atoms with van der Waals surface area (Å²) in [4.78, 5) is 16.3. The Balaban J connectivity index is 2.36. The standard InChI is InChI=1S/C17H21NO2S/c1-5-6-14-16(17(19)20)21-15(18-14)9-13-11(3)7-10(2)8-12(13)4/h7-8H,5-6,9H2,1-4H3,(H,19,20). The Bertz CT molecular complexity index is 650. The van der Waals surface area contributed by atoms with Gasteiger partial charge in [0.1, 0.15) is 4.88 Å². The normalized spacial score (nSPS) is 10.9. The van der Waals surface area contributed by atoms with Gasteiger partial charge in [0.05, 0.1) is 10.7 Å². The predicted octanol–water partition coefficient (Wildman–Crippen LogP) is 4.31. The minimum absolute atomic E-state index is 0.397. The maximum Gasteiger partial charge on any atom is 0.347 e. The van der Waals surface area contributed by atoms with Gasteiger partial charge in [-0.15, -0.1) is 11.3 Å². The average molecular weight is 303 g/mol. The Hall–Kier alpha value is -1.68. The molecule has 1 heterocycles. The Morgan fingerprint density at radius 2 is 1.86 bits per heavy atom. The van der Waals surface area contributed by atoms with E-state index in [4.69, 9.17) is 0 Å². The van der Waals surface area contributed by atoms with Crippen LogP contribution in [0.25, 0.3) is 0 Å². The molecule has 2 rings (SSSR count). The van der Waals surface area contributed by atoms with E-state index in [1.807, 2.05) is 6.92 Å². The van der Waals surface area contributed by atoms with E-state index in [0.29, 0.717) is 11.3 Å². The van der Waals surface area contributed by atoms with Crippen molar-refractivity contribution in [2.24, 2.45) is 0 Å². The summed E-state index contributed by atoms with van der Waals surface area (Å²) >= 11 is 1.31. The van der Waals surface area contributed by atoms with Crippen LogP contribution >= 0.6 is 11.3 Å².